The number of carbonyl (C=O) groups is 1. The van der Waals surface area contributed by atoms with Gasteiger partial charge in [0.2, 0.25) is 10.0 Å². The number of ether oxygens (including phenoxy) is 1. The van der Waals surface area contributed by atoms with Crippen molar-refractivity contribution in [2.24, 2.45) is 0 Å². The third-order valence-electron chi connectivity index (χ3n) is 2.37. The second kappa shape index (κ2) is 7.61. The van der Waals surface area contributed by atoms with Crippen LogP contribution in [-0.4, -0.2) is 32.6 Å². The number of carboxylic acid groups (broad SMARTS) is 1. The fourth-order valence-electron chi connectivity index (χ4n) is 1.45. The highest BCUT2D eigenvalue weighted by atomic mass is 79.9. The summed E-state index contributed by atoms with van der Waals surface area (Å²) in [6.45, 7) is 2.40. The molecule has 112 valence electrons. The lowest BCUT2D eigenvalue weighted by Crippen LogP contribution is -2.25. The first-order valence-corrected chi connectivity index (χ1v) is 8.28. The van der Waals surface area contributed by atoms with Gasteiger partial charge in [0, 0.05) is 13.0 Å². The average Bonchev–Trinajstić information content (AvgIpc) is 2.37. The molecule has 0 aliphatic carbocycles. The van der Waals surface area contributed by atoms with Gasteiger partial charge in [-0.05, 0) is 47.5 Å². The molecule has 0 unspecified atom stereocenters. The number of hydrogen-bond donors (Lipinski definition) is 2. The molecule has 0 aromatic heterocycles. The fraction of sp³-hybridized carbons (Fsp3) is 0.417. The van der Waals surface area contributed by atoms with E-state index in [0.29, 0.717) is 16.8 Å². The minimum atomic E-state index is -3.64. The summed E-state index contributed by atoms with van der Waals surface area (Å²) in [6, 6.07) is 4.46. The maximum Gasteiger partial charge on any atom is 0.303 e. The van der Waals surface area contributed by atoms with Crippen LogP contribution in [0.4, 0.5) is 0 Å². The lowest BCUT2D eigenvalue weighted by atomic mass is 10.3. The van der Waals surface area contributed by atoms with Crippen molar-refractivity contribution in [2.75, 3.05) is 13.2 Å². The van der Waals surface area contributed by atoms with Crippen LogP contribution in [0.3, 0.4) is 0 Å². The van der Waals surface area contributed by atoms with Gasteiger partial charge < -0.3 is 9.84 Å². The standard InChI is InChI=1S/C12H16BrNO5S/c1-2-19-11-6-5-9(8-10(11)13)20(17,18)14-7-3-4-12(15)16/h5-6,8,14H,2-4,7H2,1H3,(H,15,16). The van der Waals surface area contributed by atoms with E-state index in [4.69, 9.17) is 9.84 Å². The molecule has 0 saturated heterocycles. The Morgan fingerprint density at radius 1 is 1.45 bits per heavy atom. The Morgan fingerprint density at radius 2 is 2.15 bits per heavy atom. The third-order valence-corrected chi connectivity index (χ3v) is 4.45. The van der Waals surface area contributed by atoms with Gasteiger partial charge in [-0.15, -0.1) is 0 Å². The largest absolute Gasteiger partial charge is 0.493 e. The molecule has 0 bridgehead atoms. The van der Waals surface area contributed by atoms with Crippen LogP contribution in [0.1, 0.15) is 19.8 Å². The van der Waals surface area contributed by atoms with E-state index in [1.807, 2.05) is 6.92 Å². The van der Waals surface area contributed by atoms with Crippen LogP contribution < -0.4 is 9.46 Å². The molecule has 6 nitrogen and oxygen atoms in total. The number of rotatable bonds is 8. The van der Waals surface area contributed by atoms with E-state index in [0.717, 1.165) is 0 Å². The first-order valence-electron chi connectivity index (χ1n) is 6.00. The highest BCUT2D eigenvalue weighted by Crippen LogP contribution is 2.27. The summed E-state index contributed by atoms with van der Waals surface area (Å²) >= 11 is 3.25. The van der Waals surface area contributed by atoms with E-state index in [1.165, 1.54) is 12.1 Å². The zero-order valence-electron chi connectivity index (χ0n) is 10.9. The topological polar surface area (TPSA) is 92.7 Å². The van der Waals surface area contributed by atoms with E-state index >= 15 is 0 Å². The van der Waals surface area contributed by atoms with Gasteiger partial charge in [0.15, 0.2) is 0 Å². The zero-order valence-corrected chi connectivity index (χ0v) is 13.3. The number of halogens is 1. The normalized spacial score (nSPS) is 11.3. The first-order chi connectivity index (χ1) is 9.36. The summed E-state index contributed by atoms with van der Waals surface area (Å²) in [7, 11) is -3.64. The number of sulfonamides is 1. The van der Waals surface area contributed by atoms with Crippen LogP contribution in [0.25, 0.3) is 0 Å². The van der Waals surface area contributed by atoms with Crippen LogP contribution in [-0.2, 0) is 14.8 Å². The Labute approximate surface area is 126 Å². The lowest BCUT2D eigenvalue weighted by molar-refractivity contribution is -0.137. The Bertz CT molecular complexity index is 573. The molecule has 0 radical (unpaired) electrons. The number of hydrogen-bond acceptors (Lipinski definition) is 4. The van der Waals surface area contributed by atoms with Crippen molar-refractivity contribution in [1.82, 2.24) is 4.72 Å². The van der Waals surface area contributed by atoms with Gasteiger partial charge in [-0.25, -0.2) is 13.1 Å². The van der Waals surface area contributed by atoms with Crippen molar-refractivity contribution in [1.29, 1.82) is 0 Å². The van der Waals surface area contributed by atoms with E-state index in [9.17, 15) is 13.2 Å². The second-order valence-corrected chi connectivity index (χ2v) is 6.54. The van der Waals surface area contributed by atoms with E-state index in [2.05, 4.69) is 20.7 Å². The summed E-state index contributed by atoms with van der Waals surface area (Å²) < 4.78 is 32.2. The molecule has 0 aliphatic rings. The molecule has 20 heavy (non-hydrogen) atoms. The molecule has 0 spiro atoms. The summed E-state index contributed by atoms with van der Waals surface area (Å²) in [4.78, 5) is 10.4. The minimum absolute atomic E-state index is 0.0739. The van der Waals surface area contributed by atoms with Crippen LogP contribution in [0, 0.1) is 0 Å². The predicted molar refractivity (Wildman–Crippen MR) is 77.4 cm³/mol. The number of carboxylic acids is 1. The van der Waals surface area contributed by atoms with Crippen LogP contribution >= 0.6 is 15.9 Å². The van der Waals surface area contributed by atoms with Crippen LogP contribution in [0.5, 0.6) is 5.75 Å². The van der Waals surface area contributed by atoms with Gasteiger partial charge >= 0.3 is 5.97 Å². The smallest absolute Gasteiger partial charge is 0.303 e. The van der Waals surface area contributed by atoms with Gasteiger partial charge in [0.05, 0.1) is 16.0 Å². The monoisotopic (exact) mass is 365 g/mol. The summed E-state index contributed by atoms with van der Waals surface area (Å²) in [5.41, 5.74) is 0. The van der Waals surface area contributed by atoms with Crippen molar-refractivity contribution in [3.05, 3.63) is 22.7 Å². The van der Waals surface area contributed by atoms with Gasteiger partial charge in [0.1, 0.15) is 5.75 Å². The molecule has 1 aromatic carbocycles. The highest BCUT2D eigenvalue weighted by molar-refractivity contribution is 9.10. The predicted octanol–water partition coefficient (Wildman–Crippen LogP) is 1.99. The number of nitrogens with one attached hydrogen (secondary N) is 1. The van der Waals surface area contributed by atoms with Crippen molar-refractivity contribution in [3.8, 4) is 5.75 Å². The van der Waals surface area contributed by atoms with E-state index in [-0.39, 0.29) is 24.3 Å². The Kier molecular flexibility index (Phi) is 6.44. The van der Waals surface area contributed by atoms with Crippen molar-refractivity contribution in [3.63, 3.8) is 0 Å². The van der Waals surface area contributed by atoms with Crippen molar-refractivity contribution in [2.45, 2.75) is 24.7 Å². The first kappa shape index (κ1) is 16.9. The minimum Gasteiger partial charge on any atom is -0.493 e. The Morgan fingerprint density at radius 3 is 2.70 bits per heavy atom. The molecule has 1 rings (SSSR count). The molecule has 8 heteroatoms. The van der Waals surface area contributed by atoms with Gasteiger partial charge in [-0.1, -0.05) is 0 Å². The maximum absolute atomic E-state index is 12.0. The molecule has 0 saturated carbocycles. The quantitative estimate of drug-likeness (QED) is 0.687. The summed E-state index contributed by atoms with van der Waals surface area (Å²) in [6.07, 6.45) is 0.169. The highest BCUT2D eigenvalue weighted by Gasteiger charge is 2.15. The zero-order chi connectivity index (χ0) is 15.2. The van der Waals surface area contributed by atoms with Gasteiger partial charge in [-0.2, -0.15) is 0 Å². The second-order valence-electron chi connectivity index (χ2n) is 3.92. The molecule has 1 aromatic rings. The van der Waals surface area contributed by atoms with E-state index < -0.39 is 16.0 Å². The molecular formula is C12H16BrNO5S. The average molecular weight is 366 g/mol. The number of aliphatic carboxylic acids is 1. The van der Waals surface area contributed by atoms with Crippen LogP contribution in [0.2, 0.25) is 0 Å². The third kappa shape index (κ3) is 5.10. The van der Waals surface area contributed by atoms with Gasteiger partial charge in [0.25, 0.3) is 0 Å². The lowest BCUT2D eigenvalue weighted by Gasteiger charge is -2.09. The molecule has 0 aliphatic heterocycles. The van der Waals surface area contributed by atoms with Crippen molar-refractivity contribution >= 4 is 31.9 Å². The molecule has 0 amide bonds. The molecule has 0 heterocycles. The van der Waals surface area contributed by atoms with E-state index in [1.54, 1.807) is 6.07 Å². The molecule has 0 atom stereocenters. The fourth-order valence-corrected chi connectivity index (χ4v) is 3.20. The Balaban J connectivity index is 2.72. The maximum atomic E-state index is 12.0. The molecule has 2 N–H and O–H groups in total. The molecule has 0 fully saturated rings. The van der Waals surface area contributed by atoms with Crippen molar-refractivity contribution < 1.29 is 23.1 Å². The SMILES string of the molecule is CCOc1ccc(S(=O)(=O)NCCCC(=O)O)cc1Br. The molecular weight excluding hydrogens is 350 g/mol. The summed E-state index contributed by atoms with van der Waals surface area (Å²) in [5.74, 6) is -0.384. The van der Waals surface area contributed by atoms with Gasteiger partial charge in [-0.3, -0.25) is 4.79 Å². The van der Waals surface area contributed by atoms with Crippen LogP contribution in [0.15, 0.2) is 27.6 Å². The number of benzene rings is 1. The Hall–Kier alpha value is -1.12. The summed E-state index contributed by atoms with van der Waals surface area (Å²) in [5, 5.41) is 8.48.